The summed E-state index contributed by atoms with van der Waals surface area (Å²) in [6.07, 6.45) is 0. The first-order valence-electron chi connectivity index (χ1n) is 5.81. The third-order valence-corrected chi connectivity index (χ3v) is 4.16. The molecule has 1 heterocycles. The zero-order chi connectivity index (χ0) is 14.2. The second-order valence-electron chi connectivity index (χ2n) is 4.46. The molecule has 1 aromatic carbocycles. The molecule has 1 atom stereocenters. The highest BCUT2D eigenvalue weighted by Gasteiger charge is 2.34. The Hall–Kier alpha value is -1.69. The van der Waals surface area contributed by atoms with Crippen molar-refractivity contribution in [2.45, 2.75) is 19.9 Å². The summed E-state index contributed by atoms with van der Waals surface area (Å²) in [7, 11) is 0. The lowest BCUT2D eigenvalue weighted by molar-refractivity contribution is -0.138. The molecular weight excluding hydrogens is 312 g/mol. The molecule has 1 fully saturated rings. The lowest BCUT2D eigenvalue weighted by Crippen LogP contribution is -2.58. The third kappa shape index (κ3) is 2.53. The van der Waals surface area contributed by atoms with E-state index >= 15 is 0 Å². The molecule has 0 radical (unpaired) electrons. The third-order valence-electron chi connectivity index (χ3n) is 3.11. The van der Waals surface area contributed by atoms with Gasteiger partial charge in [-0.15, -0.1) is 0 Å². The SMILES string of the molecule is Cc1cccc(C(=O)N2CC(=O)NC(=O)C2C)c1Br. The van der Waals surface area contributed by atoms with Crippen LogP contribution in [0, 0.1) is 6.92 Å². The van der Waals surface area contributed by atoms with Gasteiger partial charge in [0, 0.05) is 4.47 Å². The van der Waals surface area contributed by atoms with E-state index < -0.39 is 17.9 Å². The van der Waals surface area contributed by atoms with E-state index in [0.29, 0.717) is 10.0 Å². The second kappa shape index (κ2) is 5.13. The van der Waals surface area contributed by atoms with Gasteiger partial charge in [-0.1, -0.05) is 12.1 Å². The van der Waals surface area contributed by atoms with Crippen molar-refractivity contribution in [3.05, 3.63) is 33.8 Å². The van der Waals surface area contributed by atoms with Gasteiger partial charge >= 0.3 is 0 Å². The van der Waals surface area contributed by atoms with E-state index in [2.05, 4.69) is 21.2 Å². The molecule has 0 bridgehead atoms. The van der Waals surface area contributed by atoms with Gasteiger partial charge in [0.2, 0.25) is 11.8 Å². The molecule has 19 heavy (non-hydrogen) atoms. The molecule has 1 aromatic rings. The van der Waals surface area contributed by atoms with Crippen LogP contribution < -0.4 is 5.32 Å². The Morgan fingerprint density at radius 2 is 2.11 bits per heavy atom. The second-order valence-corrected chi connectivity index (χ2v) is 5.25. The summed E-state index contributed by atoms with van der Waals surface area (Å²) in [6.45, 7) is 3.37. The standard InChI is InChI=1S/C13H13BrN2O3/c1-7-4-3-5-9(11(7)14)13(19)16-6-10(17)15-12(18)8(16)2/h3-5,8H,6H2,1-2H3,(H,15,17,18). The lowest BCUT2D eigenvalue weighted by Gasteiger charge is -2.32. The maximum absolute atomic E-state index is 12.4. The van der Waals surface area contributed by atoms with Crippen LogP contribution in [-0.2, 0) is 9.59 Å². The molecule has 0 aromatic heterocycles. The number of carbonyl (C=O) groups excluding carboxylic acids is 3. The number of imide groups is 1. The smallest absolute Gasteiger partial charge is 0.256 e. The maximum Gasteiger partial charge on any atom is 0.256 e. The highest BCUT2D eigenvalue weighted by Crippen LogP contribution is 2.23. The van der Waals surface area contributed by atoms with Crippen LogP contribution in [0.3, 0.4) is 0 Å². The number of nitrogens with one attached hydrogen (secondary N) is 1. The predicted molar refractivity (Wildman–Crippen MR) is 72.5 cm³/mol. The van der Waals surface area contributed by atoms with Crippen molar-refractivity contribution in [3.8, 4) is 0 Å². The van der Waals surface area contributed by atoms with E-state index in [9.17, 15) is 14.4 Å². The summed E-state index contributed by atoms with van der Waals surface area (Å²) in [5.41, 5.74) is 1.38. The van der Waals surface area contributed by atoms with Crippen LogP contribution in [0.1, 0.15) is 22.8 Å². The largest absolute Gasteiger partial charge is 0.318 e. The monoisotopic (exact) mass is 324 g/mol. The predicted octanol–water partition coefficient (Wildman–Crippen LogP) is 1.24. The summed E-state index contributed by atoms with van der Waals surface area (Å²) in [5.74, 6) is -1.24. The zero-order valence-corrected chi connectivity index (χ0v) is 12.2. The number of halogens is 1. The van der Waals surface area contributed by atoms with Gasteiger partial charge in [-0.25, -0.2) is 0 Å². The van der Waals surface area contributed by atoms with Crippen molar-refractivity contribution in [3.63, 3.8) is 0 Å². The topological polar surface area (TPSA) is 66.5 Å². The summed E-state index contributed by atoms with van der Waals surface area (Å²) in [4.78, 5) is 36.7. The average Bonchev–Trinajstić information content (AvgIpc) is 2.36. The first-order valence-corrected chi connectivity index (χ1v) is 6.61. The summed E-state index contributed by atoms with van der Waals surface area (Å²) < 4.78 is 0.686. The average molecular weight is 325 g/mol. The van der Waals surface area contributed by atoms with Crippen LogP contribution in [0.25, 0.3) is 0 Å². The number of hydrogen-bond acceptors (Lipinski definition) is 3. The molecule has 100 valence electrons. The molecule has 1 saturated heterocycles. The lowest BCUT2D eigenvalue weighted by atomic mass is 10.1. The van der Waals surface area contributed by atoms with E-state index in [1.54, 1.807) is 19.1 Å². The van der Waals surface area contributed by atoms with Gasteiger partial charge in [0.15, 0.2) is 0 Å². The van der Waals surface area contributed by atoms with Crippen LogP contribution >= 0.6 is 15.9 Å². The quantitative estimate of drug-likeness (QED) is 0.790. The van der Waals surface area contributed by atoms with Crippen LogP contribution in [0.2, 0.25) is 0 Å². The first kappa shape index (κ1) is 13.7. The fraction of sp³-hybridized carbons (Fsp3) is 0.308. The van der Waals surface area contributed by atoms with Crippen molar-refractivity contribution < 1.29 is 14.4 Å². The minimum Gasteiger partial charge on any atom is -0.318 e. The molecule has 0 spiro atoms. The number of carbonyl (C=O) groups is 3. The van der Waals surface area contributed by atoms with Crippen molar-refractivity contribution in [2.75, 3.05) is 6.54 Å². The Bertz CT molecular complexity index is 571. The van der Waals surface area contributed by atoms with Gasteiger partial charge in [-0.2, -0.15) is 0 Å². The number of piperazine rings is 1. The van der Waals surface area contributed by atoms with Crippen LogP contribution in [-0.4, -0.2) is 35.2 Å². The number of rotatable bonds is 1. The summed E-state index contributed by atoms with van der Waals surface area (Å²) in [5, 5.41) is 2.21. The molecule has 3 amide bonds. The minimum absolute atomic E-state index is 0.105. The first-order chi connectivity index (χ1) is 8.91. The van der Waals surface area contributed by atoms with Gasteiger partial charge in [0.25, 0.3) is 5.91 Å². The number of nitrogens with zero attached hydrogens (tertiary/aromatic N) is 1. The van der Waals surface area contributed by atoms with E-state index in [1.165, 1.54) is 4.90 Å². The normalized spacial score (nSPS) is 19.3. The molecular formula is C13H13BrN2O3. The van der Waals surface area contributed by atoms with Crippen LogP contribution in [0.5, 0.6) is 0 Å². The van der Waals surface area contributed by atoms with Crippen LogP contribution in [0.15, 0.2) is 22.7 Å². The highest BCUT2D eigenvalue weighted by atomic mass is 79.9. The van der Waals surface area contributed by atoms with Gasteiger partial charge < -0.3 is 4.90 Å². The Balaban J connectivity index is 2.35. The molecule has 6 heteroatoms. The minimum atomic E-state index is -0.655. The molecule has 1 N–H and O–H groups in total. The molecule has 0 saturated carbocycles. The fourth-order valence-electron chi connectivity index (χ4n) is 1.93. The van der Waals surface area contributed by atoms with Crippen molar-refractivity contribution in [1.29, 1.82) is 0 Å². The summed E-state index contributed by atoms with van der Waals surface area (Å²) >= 11 is 3.36. The van der Waals surface area contributed by atoms with Crippen molar-refractivity contribution in [1.82, 2.24) is 10.2 Å². The summed E-state index contributed by atoms with van der Waals surface area (Å²) in [6, 6.07) is 4.66. The van der Waals surface area contributed by atoms with Crippen molar-refractivity contribution >= 4 is 33.7 Å². The Labute approximate surface area is 119 Å². The molecule has 2 rings (SSSR count). The molecule has 5 nitrogen and oxygen atoms in total. The van der Waals surface area contributed by atoms with E-state index in [1.807, 2.05) is 13.0 Å². The fourth-order valence-corrected chi connectivity index (χ4v) is 2.36. The number of benzene rings is 1. The van der Waals surface area contributed by atoms with Gasteiger partial charge in [-0.3, -0.25) is 19.7 Å². The Morgan fingerprint density at radius 1 is 1.42 bits per heavy atom. The Morgan fingerprint density at radius 3 is 2.79 bits per heavy atom. The van der Waals surface area contributed by atoms with Crippen molar-refractivity contribution in [2.24, 2.45) is 0 Å². The number of amides is 3. The Kier molecular flexibility index (Phi) is 3.71. The van der Waals surface area contributed by atoms with E-state index in [-0.39, 0.29) is 12.5 Å². The number of aryl methyl sites for hydroxylation is 1. The van der Waals surface area contributed by atoms with E-state index in [4.69, 9.17) is 0 Å². The molecule has 1 aliphatic heterocycles. The van der Waals surface area contributed by atoms with Gasteiger partial charge in [0.05, 0.1) is 5.56 Å². The maximum atomic E-state index is 12.4. The molecule has 0 aliphatic carbocycles. The van der Waals surface area contributed by atoms with Crippen LogP contribution in [0.4, 0.5) is 0 Å². The zero-order valence-electron chi connectivity index (χ0n) is 10.6. The molecule has 1 aliphatic rings. The van der Waals surface area contributed by atoms with Gasteiger partial charge in [0.1, 0.15) is 12.6 Å². The number of hydrogen-bond donors (Lipinski definition) is 1. The molecule has 1 unspecified atom stereocenters. The highest BCUT2D eigenvalue weighted by molar-refractivity contribution is 9.10. The van der Waals surface area contributed by atoms with Gasteiger partial charge in [-0.05, 0) is 41.4 Å². The van der Waals surface area contributed by atoms with E-state index in [0.717, 1.165) is 5.56 Å².